The van der Waals surface area contributed by atoms with Crippen LogP contribution in [0.2, 0.25) is 0 Å². The van der Waals surface area contributed by atoms with Gasteiger partial charge in [0, 0.05) is 0 Å². The average molecular weight is 247 g/mol. The van der Waals surface area contributed by atoms with Gasteiger partial charge in [-0.25, -0.2) is 0 Å². The Kier molecular flexibility index (Phi) is 60.3. The third kappa shape index (κ3) is 106. The molecule has 0 aromatic heterocycles. The van der Waals surface area contributed by atoms with Gasteiger partial charge in [0.2, 0.25) is 0 Å². The fourth-order valence-corrected chi connectivity index (χ4v) is 0. The van der Waals surface area contributed by atoms with Crippen molar-refractivity contribution in [1.29, 1.82) is 0 Å². The molecule has 0 aliphatic heterocycles. The Morgan fingerprint density at radius 1 is 0.700 bits per heavy atom. The molecular formula is C8H12ClRh. The number of allylic oxidation sites excluding steroid dienone is 4. The van der Waals surface area contributed by atoms with Gasteiger partial charge in [0.05, 0.1) is 0 Å². The van der Waals surface area contributed by atoms with Crippen LogP contribution in [-0.4, -0.2) is 0 Å². The van der Waals surface area contributed by atoms with E-state index in [4.69, 9.17) is 0 Å². The zero-order valence-corrected chi connectivity index (χ0v) is 8.24. The van der Waals surface area contributed by atoms with Crippen LogP contribution in [0.4, 0.5) is 0 Å². The van der Waals surface area contributed by atoms with Crippen LogP contribution >= 0.6 is 9.69 Å². The van der Waals surface area contributed by atoms with Crippen molar-refractivity contribution >= 4 is 9.69 Å². The number of hydrogen-bond donors (Lipinski definition) is 0. The molecule has 0 saturated carbocycles. The van der Waals surface area contributed by atoms with Crippen molar-refractivity contribution in [3.63, 3.8) is 0 Å². The first-order chi connectivity index (χ1) is 4.83. The third-order valence-electron chi connectivity index (χ3n) is 0.333. The van der Waals surface area contributed by atoms with Crippen LogP contribution in [0, 0.1) is 0 Å². The van der Waals surface area contributed by atoms with Gasteiger partial charge in [-0.1, -0.05) is 50.6 Å². The molecule has 0 aromatic carbocycles. The van der Waals surface area contributed by atoms with Gasteiger partial charge in [-0.05, 0) is 0 Å². The topological polar surface area (TPSA) is 0 Å². The number of rotatable bonds is 2. The van der Waals surface area contributed by atoms with Gasteiger partial charge in [0.15, 0.2) is 0 Å². The van der Waals surface area contributed by atoms with Gasteiger partial charge >= 0.3 is 27.0 Å². The molecule has 0 N–H and O–H groups in total. The standard InChI is InChI=1S/2C4H6.ClH.Rh/c2*1-3-4-2;;/h2*3-4H,1-2H2;1H;/q;;;+1/p-1. The van der Waals surface area contributed by atoms with Crippen molar-refractivity contribution < 1.29 is 17.3 Å². The van der Waals surface area contributed by atoms with Gasteiger partial charge in [-0.2, -0.15) is 0 Å². The fourth-order valence-electron chi connectivity index (χ4n) is 0. The van der Waals surface area contributed by atoms with E-state index >= 15 is 0 Å². The van der Waals surface area contributed by atoms with Crippen molar-refractivity contribution in [2.24, 2.45) is 0 Å². The Balaban J connectivity index is -0.0000000787. The molecule has 0 atom stereocenters. The minimum absolute atomic E-state index is 1.64. The maximum absolute atomic E-state index is 4.53. The average Bonchev–Trinajstić information content (AvgIpc) is 2.08. The van der Waals surface area contributed by atoms with Crippen molar-refractivity contribution in [2.75, 3.05) is 0 Å². The summed E-state index contributed by atoms with van der Waals surface area (Å²) in [5, 5.41) is 0. The summed E-state index contributed by atoms with van der Waals surface area (Å²) in [6.45, 7) is 13.4. The predicted molar refractivity (Wildman–Crippen MR) is 46.6 cm³/mol. The van der Waals surface area contributed by atoms with Gasteiger partial charge in [0.25, 0.3) is 0 Å². The first-order valence-electron chi connectivity index (χ1n) is 2.43. The maximum atomic E-state index is 4.53. The third-order valence-corrected chi connectivity index (χ3v) is 0.333. The van der Waals surface area contributed by atoms with Gasteiger partial charge < -0.3 is 0 Å². The molecule has 2 heteroatoms. The number of halogens is 1. The second kappa shape index (κ2) is 36.7. The molecular weight excluding hydrogens is 234 g/mol. The molecule has 0 rings (SSSR count). The molecule has 10 heavy (non-hydrogen) atoms. The van der Waals surface area contributed by atoms with E-state index in [1.54, 1.807) is 24.3 Å². The van der Waals surface area contributed by atoms with Crippen molar-refractivity contribution in [3.8, 4) is 0 Å². The molecule has 0 unspecified atom stereocenters. The van der Waals surface area contributed by atoms with Crippen LogP contribution in [-0.2, 0) is 17.3 Å². The summed E-state index contributed by atoms with van der Waals surface area (Å²) >= 11 is 2.02. The second-order valence-electron chi connectivity index (χ2n) is 0.943. The van der Waals surface area contributed by atoms with E-state index in [1.807, 2.05) is 17.3 Å². The fraction of sp³-hybridized carbons (Fsp3) is 0. The van der Waals surface area contributed by atoms with Gasteiger partial charge in [-0.15, -0.1) is 0 Å². The molecule has 60 valence electrons. The zero-order chi connectivity index (χ0) is 8.83. The Hall–Kier alpha value is -0.127. The molecule has 0 aliphatic rings. The zero-order valence-electron chi connectivity index (χ0n) is 5.85. The summed E-state index contributed by atoms with van der Waals surface area (Å²) in [6, 6.07) is 0. The quantitative estimate of drug-likeness (QED) is 0.517. The van der Waals surface area contributed by atoms with E-state index < -0.39 is 0 Å². The Labute approximate surface area is 77.7 Å². The van der Waals surface area contributed by atoms with E-state index in [9.17, 15) is 0 Å². The van der Waals surface area contributed by atoms with Crippen molar-refractivity contribution in [1.82, 2.24) is 0 Å². The molecule has 0 saturated heterocycles. The van der Waals surface area contributed by atoms with E-state index in [2.05, 4.69) is 36.0 Å². The molecule has 0 radical (unpaired) electrons. The van der Waals surface area contributed by atoms with Crippen LogP contribution in [0.1, 0.15) is 0 Å². The molecule has 0 fully saturated rings. The van der Waals surface area contributed by atoms with Crippen molar-refractivity contribution in [3.05, 3.63) is 50.6 Å². The van der Waals surface area contributed by atoms with Crippen LogP contribution in [0.3, 0.4) is 0 Å². The molecule has 0 spiro atoms. The molecule has 0 aliphatic carbocycles. The first-order valence-corrected chi connectivity index (χ1v) is 4.54. The summed E-state index contributed by atoms with van der Waals surface area (Å²) in [4.78, 5) is 0. The summed E-state index contributed by atoms with van der Waals surface area (Å²) in [6.07, 6.45) is 6.56. The molecule has 0 nitrogen and oxygen atoms in total. The van der Waals surface area contributed by atoms with E-state index in [0.29, 0.717) is 0 Å². The van der Waals surface area contributed by atoms with Crippen LogP contribution in [0.15, 0.2) is 50.6 Å². The molecule has 0 heterocycles. The summed E-state index contributed by atoms with van der Waals surface area (Å²) < 4.78 is 0. The molecule has 0 amide bonds. The summed E-state index contributed by atoms with van der Waals surface area (Å²) in [7, 11) is 4.53. The monoisotopic (exact) mass is 246 g/mol. The van der Waals surface area contributed by atoms with E-state index in [-0.39, 0.29) is 0 Å². The SMILES string of the molecule is C=CC=C.C=CC=C.[Cl][Rh]. The van der Waals surface area contributed by atoms with E-state index in [0.717, 1.165) is 0 Å². The van der Waals surface area contributed by atoms with E-state index in [1.165, 1.54) is 0 Å². The first kappa shape index (κ1) is 16.5. The van der Waals surface area contributed by atoms with Crippen molar-refractivity contribution in [2.45, 2.75) is 0 Å². The van der Waals surface area contributed by atoms with Crippen LogP contribution in [0.25, 0.3) is 0 Å². The Bertz CT molecular complexity index is 63.3. The van der Waals surface area contributed by atoms with Crippen LogP contribution < -0.4 is 0 Å². The normalized spacial score (nSPS) is 4.70. The van der Waals surface area contributed by atoms with Gasteiger partial charge in [0.1, 0.15) is 0 Å². The summed E-state index contributed by atoms with van der Waals surface area (Å²) in [5.41, 5.74) is 0. The van der Waals surface area contributed by atoms with Gasteiger partial charge in [-0.3, -0.25) is 0 Å². The predicted octanol–water partition coefficient (Wildman–Crippen LogP) is 3.40. The minimum atomic E-state index is 1.64. The Morgan fingerprint density at radius 2 is 0.800 bits per heavy atom. The summed E-state index contributed by atoms with van der Waals surface area (Å²) in [5.74, 6) is 0. The number of hydrogen-bond acceptors (Lipinski definition) is 0. The second-order valence-corrected chi connectivity index (χ2v) is 0.943. The Morgan fingerprint density at radius 3 is 0.800 bits per heavy atom. The molecule has 0 aromatic rings. The molecule has 0 bridgehead atoms. The van der Waals surface area contributed by atoms with Crippen LogP contribution in [0.5, 0.6) is 0 Å².